The molecule has 1 aromatic carbocycles. The normalized spacial score (nSPS) is 15.2. The number of benzene rings is 1. The van der Waals surface area contributed by atoms with Gasteiger partial charge in [0.05, 0.1) is 36.1 Å². The Morgan fingerprint density at radius 2 is 1.91 bits per heavy atom. The van der Waals surface area contributed by atoms with Crippen LogP contribution in [0.2, 0.25) is 0 Å². The zero-order valence-electron chi connectivity index (χ0n) is 11.7. The molecule has 0 fully saturated rings. The fourth-order valence-corrected chi connectivity index (χ4v) is 2.58. The molecule has 22 heavy (non-hydrogen) atoms. The number of nitrogens with one attached hydrogen (secondary N) is 1. The van der Waals surface area contributed by atoms with Crippen LogP contribution >= 0.6 is 12.6 Å². The van der Waals surface area contributed by atoms with Crippen LogP contribution in [0.4, 0.5) is 0 Å². The summed E-state index contributed by atoms with van der Waals surface area (Å²) in [6, 6.07) is 6.83. The Bertz CT molecular complexity index is 652. The van der Waals surface area contributed by atoms with Gasteiger partial charge in [0.2, 0.25) is 0 Å². The van der Waals surface area contributed by atoms with E-state index in [-0.39, 0.29) is 30.2 Å². The minimum absolute atomic E-state index is 0.169. The number of aromatic amines is 1. The summed E-state index contributed by atoms with van der Waals surface area (Å²) in [5.74, 6) is 0.194. The maximum atomic E-state index is 12.1. The standard InChI is InChI=1S/C15H15N3O3S/c19-14-10-3-1-2-4-11(10)15(20)18(14)7-8-21-9-12(22)13-16-5-6-17-13/h1-6,12,22H,7-9H2,(H,16,17). The summed E-state index contributed by atoms with van der Waals surface area (Å²) in [6.07, 6.45) is 3.37. The monoisotopic (exact) mass is 317 g/mol. The molecule has 0 aliphatic carbocycles. The number of carbonyl (C=O) groups excluding carboxylic acids is 2. The van der Waals surface area contributed by atoms with Gasteiger partial charge in [0.15, 0.2) is 0 Å². The van der Waals surface area contributed by atoms with E-state index in [0.29, 0.717) is 17.7 Å². The summed E-state index contributed by atoms with van der Waals surface area (Å²) in [7, 11) is 0. The Balaban J connectivity index is 1.51. The van der Waals surface area contributed by atoms with Gasteiger partial charge in [-0.2, -0.15) is 12.6 Å². The number of carbonyl (C=O) groups is 2. The molecule has 2 amide bonds. The Labute approximate surface area is 132 Å². The van der Waals surface area contributed by atoms with Crippen molar-refractivity contribution in [3.63, 3.8) is 0 Å². The summed E-state index contributed by atoms with van der Waals surface area (Å²) < 4.78 is 5.49. The number of nitrogens with zero attached hydrogens (tertiary/aromatic N) is 2. The fraction of sp³-hybridized carbons (Fsp3) is 0.267. The molecule has 1 aromatic heterocycles. The van der Waals surface area contributed by atoms with E-state index in [0.717, 1.165) is 5.82 Å². The lowest BCUT2D eigenvalue weighted by Crippen LogP contribution is -2.33. The van der Waals surface area contributed by atoms with Crippen molar-refractivity contribution in [3.8, 4) is 0 Å². The Morgan fingerprint density at radius 1 is 1.23 bits per heavy atom. The molecule has 1 aliphatic heterocycles. The van der Waals surface area contributed by atoms with Gasteiger partial charge < -0.3 is 9.72 Å². The summed E-state index contributed by atoms with van der Waals surface area (Å²) in [5.41, 5.74) is 0.908. The zero-order chi connectivity index (χ0) is 15.5. The average Bonchev–Trinajstić information content (AvgIpc) is 3.14. The van der Waals surface area contributed by atoms with E-state index in [1.807, 2.05) is 0 Å². The van der Waals surface area contributed by atoms with Crippen LogP contribution in [0.15, 0.2) is 36.7 Å². The molecule has 1 unspecified atom stereocenters. The van der Waals surface area contributed by atoms with Crippen molar-refractivity contribution >= 4 is 24.4 Å². The van der Waals surface area contributed by atoms with Crippen molar-refractivity contribution in [2.24, 2.45) is 0 Å². The third kappa shape index (κ3) is 2.77. The Morgan fingerprint density at radius 3 is 2.50 bits per heavy atom. The molecular weight excluding hydrogens is 302 g/mol. The van der Waals surface area contributed by atoms with Crippen molar-refractivity contribution in [1.29, 1.82) is 0 Å². The fourth-order valence-electron chi connectivity index (χ4n) is 2.33. The number of ether oxygens (including phenoxy) is 1. The molecule has 2 aromatic rings. The van der Waals surface area contributed by atoms with Gasteiger partial charge in [0.1, 0.15) is 5.82 Å². The highest BCUT2D eigenvalue weighted by Gasteiger charge is 2.34. The van der Waals surface area contributed by atoms with E-state index in [9.17, 15) is 9.59 Å². The van der Waals surface area contributed by atoms with E-state index in [1.54, 1.807) is 36.7 Å². The van der Waals surface area contributed by atoms with Gasteiger partial charge in [-0.05, 0) is 12.1 Å². The molecule has 1 aliphatic rings. The number of hydrogen-bond donors (Lipinski definition) is 2. The maximum absolute atomic E-state index is 12.1. The number of imidazole rings is 1. The van der Waals surface area contributed by atoms with Gasteiger partial charge in [-0.3, -0.25) is 14.5 Å². The lowest BCUT2D eigenvalue weighted by atomic mass is 10.1. The van der Waals surface area contributed by atoms with Crippen molar-refractivity contribution in [2.75, 3.05) is 19.8 Å². The molecule has 0 bridgehead atoms. The van der Waals surface area contributed by atoms with Crippen LogP contribution in [0, 0.1) is 0 Å². The van der Waals surface area contributed by atoms with Crippen LogP contribution in [0.25, 0.3) is 0 Å². The molecule has 0 radical (unpaired) electrons. The smallest absolute Gasteiger partial charge is 0.261 e. The number of hydrogen-bond acceptors (Lipinski definition) is 5. The molecule has 1 N–H and O–H groups in total. The average molecular weight is 317 g/mol. The molecule has 114 valence electrons. The highest BCUT2D eigenvalue weighted by molar-refractivity contribution is 7.80. The van der Waals surface area contributed by atoms with E-state index in [2.05, 4.69) is 22.6 Å². The lowest BCUT2D eigenvalue weighted by Gasteiger charge is -2.15. The van der Waals surface area contributed by atoms with Crippen LogP contribution in [-0.4, -0.2) is 46.4 Å². The molecule has 0 spiro atoms. The first-order chi connectivity index (χ1) is 10.7. The van der Waals surface area contributed by atoms with E-state index in [1.165, 1.54) is 4.90 Å². The molecule has 7 heteroatoms. The number of aromatic nitrogens is 2. The van der Waals surface area contributed by atoms with Crippen molar-refractivity contribution < 1.29 is 14.3 Å². The number of H-pyrrole nitrogens is 1. The van der Waals surface area contributed by atoms with Gasteiger partial charge in [-0.15, -0.1) is 0 Å². The first-order valence-corrected chi connectivity index (χ1v) is 7.40. The number of amides is 2. The van der Waals surface area contributed by atoms with Crippen LogP contribution in [0.1, 0.15) is 31.8 Å². The second kappa shape index (κ2) is 6.33. The van der Waals surface area contributed by atoms with E-state index in [4.69, 9.17) is 4.74 Å². The van der Waals surface area contributed by atoms with Crippen molar-refractivity contribution in [1.82, 2.24) is 14.9 Å². The Hall–Kier alpha value is -2.12. The van der Waals surface area contributed by atoms with Gasteiger partial charge >= 0.3 is 0 Å². The predicted molar refractivity (Wildman–Crippen MR) is 82.9 cm³/mol. The lowest BCUT2D eigenvalue weighted by molar-refractivity contribution is 0.0564. The summed E-state index contributed by atoms with van der Waals surface area (Å²) in [4.78, 5) is 32.5. The van der Waals surface area contributed by atoms with Crippen LogP contribution in [0.3, 0.4) is 0 Å². The minimum Gasteiger partial charge on any atom is -0.378 e. The van der Waals surface area contributed by atoms with Gasteiger partial charge in [-0.1, -0.05) is 12.1 Å². The summed E-state index contributed by atoms with van der Waals surface area (Å²) in [6.45, 7) is 0.841. The van der Waals surface area contributed by atoms with Crippen LogP contribution in [-0.2, 0) is 4.74 Å². The topological polar surface area (TPSA) is 75.3 Å². The quantitative estimate of drug-likeness (QED) is 0.483. The largest absolute Gasteiger partial charge is 0.378 e. The Kier molecular flexibility index (Phi) is 4.26. The molecule has 0 saturated heterocycles. The van der Waals surface area contributed by atoms with Crippen LogP contribution in [0.5, 0.6) is 0 Å². The van der Waals surface area contributed by atoms with E-state index >= 15 is 0 Å². The second-order valence-corrected chi connectivity index (χ2v) is 5.50. The van der Waals surface area contributed by atoms with Gasteiger partial charge in [0.25, 0.3) is 11.8 Å². The minimum atomic E-state index is -0.266. The summed E-state index contributed by atoms with van der Waals surface area (Å²) >= 11 is 4.38. The highest BCUT2D eigenvalue weighted by atomic mass is 32.1. The maximum Gasteiger partial charge on any atom is 0.261 e. The number of thiol groups is 1. The number of rotatable bonds is 6. The zero-order valence-corrected chi connectivity index (χ0v) is 12.6. The molecule has 1 atom stereocenters. The third-order valence-electron chi connectivity index (χ3n) is 3.45. The van der Waals surface area contributed by atoms with Gasteiger partial charge in [0, 0.05) is 12.4 Å². The predicted octanol–water partition coefficient (Wildman–Crippen LogP) is 1.69. The number of imide groups is 1. The number of fused-ring (bicyclic) bond motifs is 1. The first-order valence-electron chi connectivity index (χ1n) is 6.89. The molecule has 2 heterocycles. The second-order valence-electron chi connectivity index (χ2n) is 4.87. The van der Waals surface area contributed by atoms with E-state index < -0.39 is 0 Å². The van der Waals surface area contributed by atoms with Gasteiger partial charge in [-0.25, -0.2) is 4.98 Å². The molecule has 0 saturated carbocycles. The summed E-state index contributed by atoms with van der Waals surface area (Å²) in [5, 5.41) is -0.169. The van der Waals surface area contributed by atoms with Crippen LogP contribution < -0.4 is 0 Å². The molecule has 3 rings (SSSR count). The molecule has 6 nitrogen and oxygen atoms in total. The first kappa shape index (κ1) is 14.8. The molecular formula is C15H15N3O3S. The van der Waals surface area contributed by atoms with Crippen molar-refractivity contribution in [3.05, 3.63) is 53.6 Å². The third-order valence-corrected chi connectivity index (χ3v) is 3.84. The highest BCUT2D eigenvalue weighted by Crippen LogP contribution is 2.22. The SMILES string of the molecule is O=C1c2ccccc2C(=O)N1CCOCC(S)c1ncc[nH]1. The van der Waals surface area contributed by atoms with Crippen molar-refractivity contribution in [2.45, 2.75) is 5.25 Å².